The number of imidazole rings is 1. The summed E-state index contributed by atoms with van der Waals surface area (Å²) < 4.78 is 16.0. The van der Waals surface area contributed by atoms with Gasteiger partial charge in [0.2, 0.25) is 0 Å². The molecule has 0 aliphatic carbocycles. The van der Waals surface area contributed by atoms with Gasteiger partial charge in [-0.15, -0.1) is 0 Å². The first-order valence-corrected chi connectivity index (χ1v) is 16.7. The summed E-state index contributed by atoms with van der Waals surface area (Å²) >= 11 is 0. The average molecular weight is 672 g/mol. The molecule has 2 aromatic heterocycles. The zero-order chi connectivity index (χ0) is 35.0. The summed E-state index contributed by atoms with van der Waals surface area (Å²) in [4.78, 5) is 50.9. The summed E-state index contributed by atoms with van der Waals surface area (Å²) in [5, 5.41) is 14.0. The Balaban J connectivity index is 1.30. The molecule has 0 bridgehead atoms. The van der Waals surface area contributed by atoms with E-state index in [-0.39, 0.29) is 25.4 Å². The van der Waals surface area contributed by atoms with Gasteiger partial charge in [0.25, 0.3) is 0 Å². The van der Waals surface area contributed by atoms with E-state index in [2.05, 4.69) is 27.5 Å². The van der Waals surface area contributed by atoms with Crippen molar-refractivity contribution in [2.24, 2.45) is 0 Å². The van der Waals surface area contributed by atoms with Crippen LogP contribution in [0.5, 0.6) is 5.75 Å². The fourth-order valence-electron chi connectivity index (χ4n) is 5.04. The van der Waals surface area contributed by atoms with E-state index in [4.69, 9.17) is 24.6 Å². The van der Waals surface area contributed by atoms with Gasteiger partial charge in [0.1, 0.15) is 23.2 Å². The van der Waals surface area contributed by atoms with Crippen molar-refractivity contribution in [3.8, 4) is 5.75 Å². The van der Waals surface area contributed by atoms with Crippen molar-refractivity contribution in [2.75, 3.05) is 30.0 Å². The third-order valence-corrected chi connectivity index (χ3v) is 7.69. The molecule has 13 heteroatoms. The number of benzene rings is 2. The van der Waals surface area contributed by atoms with E-state index >= 15 is 0 Å². The molecule has 13 nitrogen and oxygen atoms in total. The molecule has 2 heterocycles. The summed E-state index contributed by atoms with van der Waals surface area (Å²) in [6.45, 7) is 6.73. The number of aromatic amines is 1. The Morgan fingerprint density at radius 3 is 2.45 bits per heavy atom. The number of pyridine rings is 1. The van der Waals surface area contributed by atoms with Crippen molar-refractivity contribution in [1.82, 2.24) is 20.3 Å². The lowest BCUT2D eigenvalue weighted by atomic mass is 10.1. The van der Waals surface area contributed by atoms with E-state index < -0.39 is 18.2 Å². The maximum Gasteiger partial charge on any atom is 0.420 e. The maximum absolute atomic E-state index is 13.3. The minimum Gasteiger partial charge on any atom is -0.466 e. The topological polar surface area (TPSA) is 172 Å². The van der Waals surface area contributed by atoms with Crippen LogP contribution in [0.3, 0.4) is 0 Å². The molecular formula is C36H45N7O6. The number of alkyl carbamates (subject to hydrolysis) is 1. The summed E-state index contributed by atoms with van der Waals surface area (Å²) in [6.07, 6.45) is 6.84. The number of H-pyrrole nitrogens is 1. The SMILES string of the molecule is CCCCCCCCOC(=O)NC(=N)c1ccc(NCc2nc3c(C)c(OC(=O)N(CCC(=O)OCC)c4ccccn4)ccc3[nH]2)cc1. The van der Waals surface area contributed by atoms with E-state index in [1.54, 1.807) is 55.6 Å². The molecule has 0 fully saturated rings. The second-order valence-electron chi connectivity index (χ2n) is 11.4. The van der Waals surface area contributed by atoms with E-state index in [1.165, 1.54) is 24.2 Å². The number of hydrogen-bond donors (Lipinski definition) is 4. The molecule has 4 rings (SSSR count). The number of ether oxygens (including phenoxy) is 3. The van der Waals surface area contributed by atoms with Crippen LogP contribution in [-0.2, 0) is 20.8 Å². The summed E-state index contributed by atoms with van der Waals surface area (Å²) in [5.74, 6) is 0.892. The highest BCUT2D eigenvalue weighted by Gasteiger charge is 2.22. The quantitative estimate of drug-likeness (QED) is 0.0390. The van der Waals surface area contributed by atoms with Crippen molar-refractivity contribution in [3.05, 3.63) is 77.7 Å². The number of unbranched alkanes of at least 4 members (excludes halogenated alkanes) is 5. The largest absolute Gasteiger partial charge is 0.466 e. The molecule has 4 aromatic rings. The number of aryl methyl sites for hydroxylation is 1. The Morgan fingerprint density at radius 2 is 1.71 bits per heavy atom. The van der Waals surface area contributed by atoms with E-state index in [9.17, 15) is 14.4 Å². The zero-order valence-electron chi connectivity index (χ0n) is 28.3. The number of hydrogen-bond acceptors (Lipinski definition) is 10. The summed E-state index contributed by atoms with van der Waals surface area (Å²) in [6, 6.07) is 15.7. The third-order valence-electron chi connectivity index (χ3n) is 7.69. The predicted octanol–water partition coefficient (Wildman–Crippen LogP) is 7.25. The van der Waals surface area contributed by atoms with Crippen LogP contribution in [0.4, 0.5) is 21.1 Å². The van der Waals surface area contributed by atoms with Crippen molar-refractivity contribution in [3.63, 3.8) is 0 Å². The second kappa shape index (κ2) is 18.8. The lowest BCUT2D eigenvalue weighted by molar-refractivity contribution is -0.142. The van der Waals surface area contributed by atoms with Crippen LogP contribution >= 0.6 is 0 Å². The zero-order valence-corrected chi connectivity index (χ0v) is 28.3. The first-order valence-electron chi connectivity index (χ1n) is 16.7. The van der Waals surface area contributed by atoms with Crippen LogP contribution in [0, 0.1) is 12.3 Å². The molecule has 0 saturated carbocycles. The average Bonchev–Trinajstić information content (AvgIpc) is 3.53. The molecule has 0 spiro atoms. The molecule has 0 aliphatic rings. The molecule has 0 aliphatic heterocycles. The molecule has 0 radical (unpaired) electrons. The molecule has 2 aromatic carbocycles. The highest BCUT2D eigenvalue weighted by molar-refractivity contribution is 6.04. The molecule has 2 amide bonds. The van der Waals surface area contributed by atoms with Gasteiger partial charge in [-0.05, 0) is 68.8 Å². The smallest absolute Gasteiger partial charge is 0.420 e. The highest BCUT2D eigenvalue weighted by atomic mass is 16.6. The fourth-order valence-corrected chi connectivity index (χ4v) is 5.04. The summed E-state index contributed by atoms with van der Waals surface area (Å²) in [7, 11) is 0. The Morgan fingerprint density at radius 1 is 0.939 bits per heavy atom. The van der Waals surface area contributed by atoms with E-state index in [1.807, 2.05) is 19.1 Å². The monoisotopic (exact) mass is 671 g/mol. The Hall–Kier alpha value is -5.46. The number of nitrogens with one attached hydrogen (secondary N) is 4. The van der Waals surface area contributed by atoms with Gasteiger partial charge in [0, 0.05) is 29.6 Å². The molecule has 4 N–H and O–H groups in total. The number of amides is 2. The Labute approximate surface area is 286 Å². The van der Waals surface area contributed by atoms with Crippen LogP contribution in [0.15, 0.2) is 60.8 Å². The molecule has 0 saturated heterocycles. The van der Waals surface area contributed by atoms with Crippen LogP contribution in [0.2, 0.25) is 0 Å². The number of aromatic nitrogens is 3. The lowest BCUT2D eigenvalue weighted by Crippen LogP contribution is -2.36. The van der Waals surface area contributed by atoms with E-state index in [0.29, 0.717) is 47.2 Å². The van der Waals surface area contributed by atoms with Gasteiger partial charge >= 0.3 is 18.2 Å². The number of amidine groups is 1. The fraction of sp³-hybridized carbons (Fsp3) is 0.389. The molecule has 49 heavy (non-hydrogen) atoms. The van der Waals surface area contributed by atoms with Gasteiger partial charge < -0.3 is 24.5 Å². The minimum atomic E-state index is -0.681. The lowest BCUT2D eigenvalue weighted by Gasteiger charge is -2.21. The first-order chi connectivity index (χ1) is 23.8. The van der Waals surface area contributed by atoms with E-state index in [0.717, 1.165) is 30.5 Å². The third kappa shape index (κ3) is 11.1. The van der Waals surface area contributed by atoms with Crippen molar-refractivity contribution in [2.45, 2.75) is 72.3 Å². The van der Waals surface area contributed by atoms with Crippen molar-refractivity contribution in [1.29, 1.82) is 5.41 Å². The van der Waals surface area contributed by atoms with Crippen molar-refractivity contribution >= 4 is 46.5 Å². The number of nitrogens with zero attached hydrogens (tertiary/aromatic N) is 3. The molecule has 0 unspecified atom stereocenters. The van der Waals surface area contributed by atoms with Gasteiger partial charge in [0.05, 0.1) is 37.2 Å². The maximum atomic E-state index is 13.3. The number of rotatable bonds is 17. The van der Waals surface area contributed by atoms with Crippen LogP contribution in [0.25, 0.3) is 11.0 Å². The minimum absolute atomic E-state index is 0.0105. The number of carbonyl (C=O) groups is 3. The van der Waals surface area contributed by atoms with Crippen LogP contribution in [0.1, 0.15) is 75.7 Å². The number of esters is 1. The van der Waals surface area contributed by atoms with Gasteiger partial charge in [-0.1, -0.05) is 45.1 Å². The molecule has 0 atom stereocenters. The Bertz CT molecular complexity index is 1690. The number of fused-ring (bicyclic) bond motifs is 1. The number of anilines is 2. The van der Waals surface area contributed by atoms with Gasteiger partial charge in [0.15, 0.2) is 0 Å². The van der Waals surface area contributed by atoms with Gasteiger partial charge in [-0.25, -0.2) is 19.6 Å². The standard InChI is InChI=1S/C36H45N7O6/c1-4-6-7-8-9-12-23-48-35(45)42-34(37)26-14-16-27(17-15-26)39-24-30-40-28-18-19-29(25(3)33(28)41-30)49-36(46)43(22-20-32(44)47-5-2)31-13-10-11-21-38-31/h10-11,13-19,21,39H,4-9,12,20,22-24H2,1-3H3,(H,40,41)(H2,37,42,45). The second-order valence-corrected chi connectivity index (χ2v) is 11.4. The Kier molecular flexibility index (Phi) is 13.9. The molecule has 260 valence electrons. The first kappa shape index (κ1) is 36.4. The summed E-state index contributed by atoms with van der Waals surface area (Å²) in [5.41, 5.74) is 3.44. The normalized spacial score (nSPS) is 10.8. The van der Waals surface area contributed by atoms with Crippen LogP contribution < -0.4 is 20.3 Å². The number of carbonyl (C=O) groups excluding carboxylic acids is 3. The highest BCUT2D eigenvalue weighted by Crippen LogP contribution is 2.27. The van der Waals surface area contributed by atoms with Crippen LogP contribution in [-0.4, -0.2) is 58.7 Å². The molecular weight excluding hydrogens is 626 g/mol. The van der Waals surface area contributed by atoms with Gasteiger partial charge in [-0.2, -0.15) is 0 Å². The van der Waals surface area contributed by atoms with Crippen molar-refractivity contribution < 1.29 is 28.6 Å². The predicted molar refractivity (Wildman–Crippen MR) is 188 cm³/mol. The van der Waals surface area contributed by atoms with Gasteiger partial charge in [-0.3, -0.25) is 20.4 Å².